The van der Waals surface area contributed by atoms with Crippen LogP contribution in [0.1, 0.15) is 6.42 Å². The molecule has 0 spiro atoms. The molecule has 104 valence electrons. The van der Waals surface area contributed by atoms with Gasteiger partial charge in [0.15, 0.2) is 0 Å². The molecule has 1 fully saturated rings. The molecule has 1 aliphatic rings. The summed E-state index contributed by atoms with van der Waals surface area (Å²) in [7, 11) is 0. The number of hydrogen-bond donors (Lipinski definition) is 2. The van der Waals surface area contributed by atoms with Crippen molar-refractivity contribution in [2.24, 2.45) is 0 Å². The van der Waals surface area contributed by atoms with Crippen LogP contribution in [0.4, 0.5) is 5.69 Å². The van der Waals surface area contributed by atoms with Gasteiger partial charge in [0, 0.05) is 28.8 Å². The first-order chi connectivity index (χ1) is 9.13. The first-order valence-corrected chi connectivity index (χ1v) is 7.08. The van der Waals surface area contributed by atoms with Crippen molar-refractivity contribution in [3.63, 3.8) is 0 Å². The van der Waals surface area contributed by atoms with Crippen molar-refractivity contribution in [3.8, 4) is 0 Å². The number of benzene rings is 1. The maximum Gasteiger partial charge on any atom is 0.238 e. The molecule has 6 heteroatoms. The fraction of sp³-hybridized carbons (Fsp3) is 0.462. The van der Waals surface area contributed by atoms with Crippen molar-refractivity contribution >= 4 is 34.8 Å². The Kier molecular flexibility index (Phi) is 5.45. The molecule has 0 unspecified atom stereocenters. The van der Waals surface area contributed by atoms with Crippen LogP contribution >= 0.6 is 23.2 Å². The fourth-order valence-corrected chi connectivity index (χ4v) is 2.62. The lowest BCUT2D eigenvalue weighted by Crippen LogP contribution is -2.35. The monoisotopic (exact) mass is 301 g/mol. The lowest BCUT2D eigenvalue weighted by molar-refractivity contribution is -0.117. The summed E-state index contributed by atoms with van der Waals surface area (Å²) in [4.78, 5) is 14.1. The van der Waals surface area contributed by atoms with Crippen molar-refractivity contribution in [3.05, 3.63) is 28.2 Å². The van der Waals surface area contributed by atoms with E-state index in [9.17, 15) is 4.79 Å². The molecule has 0 radical (unpaired) electrons. The van der Waals surface area contributed by atoms with Crippen LogP contribution in [-0.4, -0.2) is 43.5 Å². The number of anilines is 1. The molecule has 2 N–H and O–H groups in total. The molecule has 0 aromatic heterocycles. The molecule has 19 heavy (non-hydrogen) atoms. The van der Waals surface area contributed by atoms with E-state index < -0.39 is 0 Å². The summed E-state index contributed by atoms with van der Waals surface area (Å²) in [5, 5.41) is 7.16. The van der Waals surface area contributed by atoms with Crippen LogP contribution in [0.2, 0.25) is 10.0 Å². The zero-order valence-corrected chi connectivity index (χ0v) is 12.1. The quantitative estimate of drug-likeness (QED) is 0.900. The minimum Gasteiger partial charge on any atom is -0.325 e. The Morgan fingerprint density at radius 1 is 1.21 bits per heavy atom. The molecule has 0 atom stereocenters. The molecule has 1 heterocycles. The van der Waals surface area contributed by atoms with Gasteiger partial charge < -0.3 is 10.6 Å². The van der Waals surface area contributed by atoms with Gasteiger partial charge in [0.1, 0.15) is 0 Å². The van der Waals surface area contributed by atoms with Gasteiger partial charge in [-0.25, -0.2) is 0 Å². The minimum atomic E-state index is -0.0415. The van der Waals surface area contributed by atoms with Crippen molar-refractivity contribution in [2.45, 2.75) is 6.42 Å². The van der Waals surface area contributed by atoms with Crippen LogP contribution in [0, 0.1) is 0 Å². The summed E-state index contributed by atoms with van der Waals surface area (Å²) in [6.07, 6.45) is 1.07. The second-order valence-electron chi connectivity index (χ2n) is 4.59. The molecular formula is C13H17Cl2N3O. The molecule has 0 bridgehead atoms. The first-order valence-electron chi connectivity index (χ1n) is 6.32. The van der Waals surface area contributed by atoms with Crippen molar-refractivity contribution in [1.29, 1.82) is 0 Å². The van der Waals surface area contributed by atoms with Crippen LogP contribution in [-0.2, 0) is 4.79 Å². The van der Waals surface area contributed by atoms with E-state index in [1.807, 2.05) is 0 Å². The summed E-state index contributed by atoms with van der Waals surface area (Å²) < 4.78 is 0. The predicted molar refractivity (Wildman–Crippen MR) is 79.0 cm³/mol. The fourth-order valence-electron chi connectivity index (χ4n) is 2.09. The Bertz CT molecular complexity index is 425. The highest BCUT2D eigenvalue weighted by Crippen LogP contribution is 2.22. The smallest absolute Gasteiger partial charge is 0.238 e. The molecule has 1 aromatic rings. The highest BCUT2D eigenvalue weighted by Gasteiger charge is 2.13. The SMILES string of the molecule is O=C(CN1CCCNCC1)Nc1cc(Cl)cc(Cl)c1. The second kappa shape index (κ2) is 7.10. The molecule has 1 saturated heterocycles. The maximum absolute atomic E-state index is 12.0. The summed E-state index contributed by atoms with van der Waals surface area (Å²) in [5.74, 6) is -0.0415. The zero-order chi connectivity index (χ0) is 13.7. The van der Waals surface area contributed by atoms with Gasteiger partial charge in [-0.15, -0.1) is 0 Å². The van der Waals surface area contributed by atoms with Crippen molar-refractivity contribution < 1.29 is 4.79 Å². The Hall–Kier alpha value is -0.810. The topological polar surface area (TPSA) is 44.4 Å². The van der Waals surface area contributed by atoms with Gasteiger partial charge in [0.2, 0.25) is 5.91 Å². The molecule has 0 aliphatic carbocycles. The number of nitrogens with zero attached hydrogens (tertiary/aromatic N) is 1. The number of carbonyl (C=O) groups excluding carboxylic acids is 1. The number of rotatable bonds is 3. The third-order valence-corrected chi connectivity index (χ3v) is 3.38. The minimum absolute atomic E-state index is 0.0415. The van der Waals surface area contributed by atoms with E-state index in [0.29, 0.717) is 22.3 Å². The van der Waals surface area contributed by atoms with Crippen molar-refractivity contribution in [1.82, 2.24) is 10.2 Å². The van der Waals surface area contributed by atoms with Crippen LogP contribution in [0.25, 0.3) is 0 Å². The van der Waals surface area contributed by atoms with Gasteiger partial charge in [0.25, 0.3) is 0 Å². The lowest BCUT2D eigenvalue weighted by Gasteiger charge is -2.18. The van der Waals surface area contributed by atoms with Gasteiger partial charge in [-0.05, 0) is 37.7 Å². The average Bonchev–Trinajstić information content (AvgIpc) is 2.55. The van der Waals surface area contributed by atoms with E-state index in [4.69, 9.17) is 23.2 Å². The number of hydrogen-bond acceptors (Lipinski definition) is 3. The van der Waals surface area contributed by atoms with E-state index in [1.54, 1.807) is 18.2 Å². The second-order valence-corrected chi connectivity index (χ2v) is 5.46. The van der Waals surface area contributed by atoms with Crippen LogP contribution in [0.5, 0.6) is 0 Å². The van der Waals surface area contributed by atoms with Gasteiger partial charge in [-0.2, -0.15) is 0 Å². The molecule has 2 rings (SSSR count). The summed E-state index contributed by atoms with van der Waals surface area (Å²) in [5.41, 5.74) is 0.635. The molecule has 4 nitrogen and oxygen atoms in total. The van der Waals surface area contributed by atoms with E-state index in [2.05, 4.69) is 15.5 Å². The Morgan fingerprint density at radius 3 is 2.68 bits per heavy atom. The largest absolute Gasteiger partial charge is 0.325 e. The summed E-state index contributed by atoms with van der Waals surface area (Å²) in [6, 6.07) is 5.02. The van der Waals surface area contributed by atoms with Gasteiger partial charge in [0.05, 0.1) is 6.54 Å². The van der Waals surface area contributed by atoms with Gasteiger partial charge in [-0.1, -0.05) is 23.2 Å². The van der Waals surface area contributed by atoms with E-state index in [-0.39, 0.29) is 5.91 Å². The third-order valence-electron chi connectivity index (χ3n) is 2.95. The molecule has 0 saturated carbocycles. The average molecular weight is 302 g/mol. The standard InChI is InChI=1S/C13H17Cl2N3O/c14-10-6-11(15)8-12(7-10)17-13(19)9-18-4-1-2-16-3-5-18/h6-8,16H,1-5,9H2,(H,17,19). The van der Waals surface area contributed by atoms with Gasteiger partial charge >= 0.3 is 0 Å². The zero-order valence-electron chi connectivity index (χ0n) is 10.6. The van der Waals surface area contributed by atoms with E-state index >= 15 is 0 Å². The first kappa shape index (κ1) is 14.6. The third kappa shape index (κ3) is 4.99. The molecular weight excluding hydrogens is 285 g/mol. The summed E-state index contributed by atoms with van der Waals surface area (Å²) >= 11 is 11.8. The molecule has 1 amide bonds. The number of carbonyl (C=O) groups is 1. The Labute approximate surface area is 123 Å². The van der Waals surface area contributed by atoms with E-state index in [0.717, 1.165) is 32.6 Å². The number of amides is 1. The predicted octanol–water partition coefficient (Wildman–Crippen LogP) is 2.23. The van der Waals surface area contributed by atoms with Crippen molar-refractivity contribution in [2.75, 3.05) is 38.0 Å². The molecule has 1 aliphatic heterocycles. The Morgan fingerprint density at radius 2 is 1.95 bits per heavy atom. The van der Waals surface area contributed by atoms with E-state index in [1.165, 1.54) is 0 Å². The van der Waals surface area contributed by atoms with Crippen LogP contribution in [0.3, 0.4) is 0 Å². The van der Waals surface area contributed by atoms with Crippen LogP contribution < -0.4 is 10.6 Å². The highest BCUT2D eigenvalue weighted by molar-refractivity contribution is 6.35. The van der Waals surface area contributed by atoms with Crippen LogP contribution in [0.15, 0.2) is 18.2 Å². The number of halogens is 2. The maximum atomic E-state index is 12.0. The summed E-state index contributed by atoms with van der Waals surface area (Å²) in [6.45, 7) is 4.17. The molecule has 1 aromatic carbocycles. The normalized spacial score (nSPS) is 16.9. The number of nitrogens with one attached hydrogen (secondary N) is 2. The lowest BCUT2D eigenvalue weighted by atomic mass is 10.3. The van der Waals surface area contributed by atoms with Gasteiger partial charge in [-0.3, -0.25) is 9.69 Å². The highest BCUT2D eigenvalue weighted by atomic mass is 35.5. The Balaban J connectivity index is 1.89.